The Labute approximate surface area is 121 Å². The van der Waals surface area contributed by atoms with Crippen molar-refractivity contribution in [3.63, 3.8) is 0 Å². The fraction of sp³-hybridized carbons (Fsp3) is 0.286. The number of hydrogen-bond donors (Lipinski definition) is 1. The van der Waals surface area contributed by atoms with E-state index in [-0.39, 0.29) is 5.97 Å². The maximum Gasteiger partial charge on any atom is 0.347 e. The number of aromatic nitrogens is 1. The number of anilines is 1. The summed E-state index contributed by atoms with van der Waals surface area (Å²) < 4.78 is 10.5. The van der Waals surface area contributed by atoms with Gasteiger partial charge in [-0.05, 0) is 18.6 Å². The van der Waals surface area contributed by atoms with Gasteiger partial charge in [-0.3, -0.25) is 0 Å². The Kier molecular flexibility index (Phi) is 4.57. The predicted molar refractivity (Wildman–Crippen MR) is 78.7 cm³/mol. The van der Waals surface area contributed by atoms with Crippen molar-refractivity contribution in [1.29, 1.82) is 0 Å². The number of nitrogen functional groups attached to an aromatic ring is 1. The van der Waals surface area contributed by atoms with E-state index in [0.717, 1.165) is 11.3 Å². The standard InChI is InChI=1S/C14H16N2O3S/c1-3-11(13(17)18-2)19-12-7-5-4-6-9(12)10-8-20-14(15)16-10/h4-8,11H,3H2,1-2H3,(H2,15,16). The summed E-state index contributed by atoms with van der Waals surface area (Å²) in [7, 11) is 1.35. The maximum absolute atomic E-state index is 11.6. The summed E-state index contributed by atoms with van der Waals surface area (Å²) >= 11 is 1.36. The first kappa shape index (κ1) is 14.3. The number of ether oxygens (including phenoxy) is 2. The quantitative estimate of drug-likeness (QED) is 0.858. The summed E-state index contributed by atoms with van der Waals surface area (Å²) in [6.45, 7) is 1.87. The molecule has 1 atom stereocenters. The molecule has 1 aromatic carbocycles. The van der Waals surface area contributed by atoms with Crippen LogP contribution in [0.2, 0.25) is 0 Å². The third-order valence-corrected chi connectivity index (χ3v) is 3.46. The van der Waals surface area contributed by atoms with Crippen LogP contribution in [-0.4, -0.2) is 24.2 Å². The van der Waals surface area contributed by atoms with Gasteiger partial charge < -0.3 is 15.2 Å². The summed E-state index contributed by atoms with van der Waals surface area (Å²) in [4.78, 5) is 15.9. The molecular weight excluding hydrogens is 276 g/mol. The minimum atomic E-state index is -0.628. The molecule has 2 aromatic rings. The third kappa shape index (κ3) is 3.08. The molecule has 2 rings (SSSR count). The first-order chi connectivity index (χ1) is 9.65. The van der Waals surface area contributed by atoms with Crippen LogP contribution in [0.25, 0.3) is 11.3 Å². The number of para-hydroxylation sites is 1. The van der Waals surface area contributed by atoms with Crippen molar-refractivity contribution in [2.45, 2.75) is 19.4 Å². The number of nitrogens with two attached hydrogens (primary N) is 1. The number of rotatable bonds is 5. The maximum atomic E-state index is 11.6. The molecule has 6 heteroatoms. The molecule has 0 saturated heterocycles. The van der Waals surface area contributed by atoms with Crippen molar-refractivity contribution in [2.75, 3.05) is 12.8 Å². The Morgan fingerprint density at radius 3 is 2.80 bits per heavy atom. The summed E-state index contributed by atoms with van der Waals surface area (Å²) in [5.74, 6) is 0.204. The van der Waals surface area contributed by atoms with E-state index in [9.17, 15) is 4.79 Å². The zero-order valence-electron chi connectivity index (χ0n) is 11.3. The van der Waals surface area contributed by atoms with Crippen LogP contribution in [0.15, 0.2) is 29.6 Å². The van der Waals surface area contributed by atoms with Gasteiger partial charge in [0.15, 0.2) is 11.2 Å². The molecule has 0 aliphatic heterocycles. The fourth-order valence-electron chi connectivity index (χ4n) is 1.78. The Balaban J connectivity index is 2.30. The molecule has 5 nitrogen and oxygen atoms in total. The van der Waals surface area contributed by atoms with Crippen molar-refractivity contribution in [3.8, 4) is 17.0 Å². The highest BCUT2D eigenvalue weighted by molar-refractivity contribution is 7.13. The molecule has 20 heavy (non-hydrogen) atoms. The summed E-state index contributed by atoms with van der Waals surface area (Å²) in [6.07, 6.45) is -0.0997. The number of carbonyl (C=O) groups is 1. The van der Waals surface area contributed by atoms with E-state index in [1.165, 1.54) is 18.4 Å². The van der Waals surface area contributed by atoms with Crippen LogP contribution in [0.4, 0.5) is 5.13 Å². The second-order valence-corrected chi connectivity index (χ2v) is 4.99. The van der Waals surface area contributed by atoms with Gasteiger partial charge in [-0.1, -0.05) is 19.1 Å². The van der Waals surface area contributed by atoms with Gasteiger partial charge in [-0.25, -0.2) is 9.78 Å². The number of nitrogens with zero attached hydrogens (tertiary/aromatic N) is 1. The average Bonchev–Trinajstić information content (AvgIpc) is 2.90. The van der Waals surface area contributed by atoms with Gasteiger partial charge in [0.1, 0.15) is 5.75 Å². The lowest BCUT2D eigenvalue weighted by atomic mass is 10.1. The van der Waals surface area contributed by atoms with Crippen molar-refractivity contribution in [2.24, 2.45) is 0 Å². The minimum absolute atomic E-state index is 0.389. The minimum Gasteiger partial charge on any atom is -0.478 e. The summed E-state index contributed by atoms with van der Waals surface area (Å²) in [5, 5.41) is 2.35. The van der Waals surface area contributed by atoms with Gasteiger partial charge in [-0.2, -0.15) is 0 Å². The highest BCUT2D eigenvalue weighted by atomic mass is 32.1. The fourth-order valence-corrected chi connectivity index (χ4v) is 2.34. The zero-order valence-corrected chi connectivity index (χ0v) is 12.1. The molecule has 1 heterocycles. The second-order valence-electron chi connectivity index (χ2n) is 4.11. The number of esters is 1. The van der Waals surface area contributed by atoms with E-state index in [4.69, 9.17) is 15.2 Å². The molecule has 0 bridgehead atoms. The van der Waals surface area contributed by atoms with E-state index in [0.29, 0.717) is 17.3 Å². The number of carbonyl (C=O) groups excluding carboxylic acids is 1. The SMILES string of the molecule is CCC(Oc1ccccc1-c1csc(N)n1)C(=O)OC. The van der Waals surface area contributed by atoms with E-state index < -0.39 is 6.10 Å². The van der Waals surface area contributed by atoms with Crippen LogP contribution in [-0.2, 0) is 9.53 Å². The number of methoxy groups -OCH3 is 1. The first-order valence-corrected chi connectivity index (χ1v) is 7.08. The Morgan fingerprint density at radius 2 is 2.20 bits per heavy atom. The molecule has 0 fully saturated rings. The van der Waals surface area contributed by atoms with E-state index in [1.54, 1.807) is 6.07 Å². The van der Waals surface area contributed by atoms with Crippen LogP contribution in [0.3, 0.4) is 0 Å². The lowest BCUT2D eigenvalue weighted by Gasteiger charge is -2.17. The molecule has 1 unspecified atom stereocenters. The molecular formula is C14H16N2O3S. The van der Waals surface area contributed by atoms with Crippen molar-refractivity contribution in [1.82, 2.24) is 4.98 Å². The van der Waals surface area contributed by atoms with Gasteiger partial charge in [-0.15, -0.1) is 11.3 Å². The normalized spacial score (nSPS) is 11.9. The topological polar surface area (TPSA) is 74.4 Å². The van der Waals surface area contributed by atoms with E-state index >= 15 is 0 Å². The molecule has 0 radical (unpaired) electrons. The monoisotopic (exact) mass is 292 g/mol. The van der Waals surface area contributed by atoms with Crippen LogP contribution in [0, 0.1) is 0 Å². The first-order valence-electron chi connectivity index (χ1n) is 6.20. The molecule has 1 aromatic heterocycles. The number of benzene rings is 1. The molecule has 0 amide bonds. The van der Waals surface area contributed by atoms with Crippen molar-refractivity contribution < 1.29 is 14.3 Å². The van der Waals surface area contributed by atoms with Gasteiger partial charge in [0, 0.05) is 10.9 Å². The van der Waals surface area contributed by atoms with Crippen LogP contribution in [0.5, 0.6) is 5.75 Å². The van der Waals surface area contributed by atoms with Gasteiger partial charge >= 0.3 is 5.97 Å². The summed E-state index contributed by atoms with van der Waals surface area (Å²) in [5.41, 5.74) is 7.20. The highest BCUT2D eigenvalue weighted by Gasteiger charge is 2.20. The van der Waals surface area contributed by atoms with Crippen LogP contribution in [0.1, 0.15) is 13.3 Å². The highest BCUT2D eigenvalue weighted by Crippen LogP contribution is 2.32. The molecule has 0 aliphatic rings. The van der Waals surface area contributed by atoms with Crippen LogP contribution < -0.4 is 10.5 Å². The predicted octanol–water partition coefficient (Wildman–Crippen LogP) is 2.72. The molecule has 0 spiro atoms. The van der Waals surface area contributed by atoms with Crippen molar-refractivity contribution in [3.05, 3.63) is 29.6 Å². The van der Waals surface area contributed by atoms with E-state index in [1.807, 2.05) is 30.5 Å². The van der Waals surface area contributed by atoms with Crippen molar-refractivity contribution >= 4 is 22.4 Å². The number of thiazole rings is 1. The number of hydrogen-bond acceptors (Lipinski definition) is 6. The van der Waals surface area contributed by atoms with Gasteiger partial charge in [0.25, 0.3) is 0 Å². The molecule has 0 saturated carbocycles. The molecule has 0 aliphatic carbocycles. The lowest BCUT2D eigenvalue weighted by Crippen LogP contribution is -2.27. The second kappa shape index (κ2) is 6.38. The van der Waals surface area contributed by atoms with E-state index in [2.05, 4.69) is 4.98 Å². The van der Waals surface area contributed by atoms with Gasteiger partial charge in [0.2, 0.25) is 0 Å². The smallest absolute Gasteiger partial charge is 0.347 e. The van der Waals surface area contributed by atoms with Crippen LogP contribution >= 0.6 is 11.3 Å². The Morgan fingerprint density at radius 1 is 1.45 bits per heavy atom. The largest absolute Gasteiger partial charge is 0.478 e. The molecule has 106 valence electrons. The lowest BCUT2D eigenvalue weighted by molar-refractivity contribution is -0.148. The summed E-state index contributed by atoms with van der Waals surface area (Å²) in [6, 6.07) is 7.42. The zero-order chi connectivity index (χ0) is 14.5. The average molecular weight is 292 g/mol. The Bertz CT molecular complexity index is 598. The Hall–Kier alpha value is -2.08. The third-order valence-electron chi connectivity index (χ3n) is 2.79. The van der Waals surface area contributed by atoms with Gasteiger partial charge in [0.05, 0.1) is 12.8 Å². The molecule has 2 N–H and O–H groups in total.